The van der Waals surface area contributed by atoms with Crippen molar-refractivity contribution in [3.63, 3.8) is 0 Å². The zero-order valence-electron chi connectivity index (χ0n) is 15.8. The van der Waals surface area contributed by atoms with E-state index in [0.717, 1.165) is 50.4 Å². The predicted molar refractivity (Wildman–Crippen MR) is 104 cm³/mol. The molecule has 0 saturated carbocycles. The molecule has 6 nitrogen and oxygen atoms in total. The van der Waals surface area contributed by atoms with E-state index in [0.29, 0.717) is 12.8 Å². The van der Waals surface area contributed by atoms with Gasteiger partial charge in [-0.1, -0.05) is 6.42 Å². The number of hydrogen-bond acceptors (Lipinski definition) is 5. The Morgan fingerprint density at radius 3 is 2.85 bits per heavy atom. The number of aromatic nitrogens is 2. The van der Waals surface area contributed by atoms with Crippen LogP contribution in [0.4, 0.5) is 5.69 Å². The van der Waals surface area contributed by atoms with Gasteiger partial charge in [0.2, 0.25) is 6.79 Å². The van der Waals surface area contributed by atoms with Crippen molar-refractivity contribution in [1.29, 1.82) is 0 Å². The van der Waals surface area contributed by atoms with Crippen LogP contribution in [-0.4, -0.2) is 36.1 Å². The van der Waals surface area contributed by atoms with Gasteiger partial charge < -0.3 is 19.7 Å². The second-order valence-corrected chi connectivity index (χ2v) is 7.87. The maximum Gasteiger partial charge on any atom is 0.231 e. The van der Waals surface area contributed by atoms with Crippen LogP contribution in [0.2, 0.25) is 0 Å². The summed E-state index contributed by atoms with van der Waals surface area (Å²) in [7, 11) is 0. The van der Waals surface area contributed by atoms with Crippen molar-refractivity contribution >= 4 is 5.69 Å². The summed E-state index contributed by atoms with van der Waals surface area (Å²) in [6, 6.07) is 6.83. The third kappa shape index (κ3) is 3.50. The van der Waals surface area contributed by atoms with Gasteiger partial charge in [0.25, 0.3) is 0 Å². The third-order valence-corrected chi connectivity index (χ3v) is 6.17. The molecule has 1 aromatic heterocycles. The van der Waals surface area contributed by atoms with E-state index in [1.807, 2.05) is 6.07 Å². The fourth-order valence-corrected chi connectivity index (χ4v) is 4.54. The molecule has 0 spiro atoms. The fourth-order valence-electron chi connectivity index (χ4n) is 4.54. The van der Waals surface area contributed by atoms with Crippen LogP contribution in [0.3, 0.4) is 0 Å². The Kier molecular flexibility index (Phi) is 4.66. The highest BCUT2D eigenvalue weighted by atomic mass is 16.7. The lowest BCUT2D eigenvalue weighted by Gasteiger charge is -2.34. The quantitative estimate of drug-likeness (QED) is 0.812. The number of fused-ring (bicyclic) bond motifs is 2. The number of hydrogen-bond donors (Lipinski definition) is 2. The first kappa shape index (κ1) is 16.9. The first-order chi connectivity index (χ1) is 13.4. The lowest BCUT2D eigenvalue weighted by atomic mass is 10.0. The Labute approximate surface area is 160 Å². The molecule has 2 N–H and O–H groups in total. The Morgan fingerprint density at radius 1 is 1.07 bits per heavy atom. The molecule has 0 amide bonds. The standard InChI is InChI=1S/C21H28N4O2/c1-2-4-17-18(5-3-1)23-24-19(17)13-22-15-8-10-25(11-9-15)16-6-7-20-21(12-16)27-14-26-20/h6-7,12,15,22H,1-5,8-11,13-14H2,(H,23,24). The minimum Gasteiger partial charge on any atom is -0.454 e. The van der Waals surface area contributed by atoms with Crippen LogP contribution in [0.5, 0.6) is 11.5 Å². The lowest BCUT2D eigenvalue weighted by molar-refractivity contribution is 0.174. The maximum atomic E-state index is 5.51. The molecular formula is C21H28N4O2. The molecule has 0 atom stereocenters. The van der Waals surface area contributed by atoms with Gasteiger partial charge in [-0.2, -0.15) is 5.10 Å². The number of ether oxygens (including phenoxy) is 2. The van der Waals surface area contributed by atoms with E-state index < -0.39 is 0 Å². The van der Waals surface area contributed by atoms with E-state index in [4.69, 9.17) is 9.47 Å². The SMILES string of the molecule is c1cc2c(cc1N1CCC(NCc3n[nH]c4c3CCCCC4)CC1)OCO2. The zero-order chi connectivity index (χ0) is 18.1. The van der Waals surface area contributed by atoms with Gasteiger partial charge in [0.15, 0.2) is 11.5 Å². The van der Waals surface area contributed by atoms with Crippen molar-refractivity contribution in [2.24, 2.45) is 0 Å². The van der Waals surface area contributed by atoms with Crippen molar-refractivity contribution in [2.75, 3.05) is 24.8 Å². The summed E-state index contributed by atoms with van der Waals surface area (Å²) in [6.07, 6.45) is 8.59. The van der Waals surface area contributed by atoms with E-state index >= 15 is 0 Å². The Balaban J connectivity index is 1.15. The summed E-state index contributed by atoms with van der Waals surface area (Å²) in [5.74, 6) is 1.72. The number of anilines is 1. The van der Waals surface area contributed by atoms with Crippen LogP contribution in [0.15, 0.2) is 18.2 Å². The number of aryl methyl sites for hydroxylation is 1. The van der Waals surface area contributed by atoms with Crippen LogP contribution < -0.4 is 19.7 Å². The largest absolute Gasteiger partial charge is 0.454 e. The van der Waals surface area contributed by atoms with Gasteiger partial charge in [-0.15, -0.1) is 0 Å². The van der Waals surface area contributed by atoms with Gasteiger partial charge in [0.1, 0.15) is 0 Å². The van der Waals surface area contributed by atoms with Crippen molar-refractivity contribution in [3.8, 4) is 11.5 Å². The highest BCUT2D eigenvalue weighted by Gasteiger charge is 2.22. The van der Waals surface area contributed by atoms with Gasteiger partial charge in [0, 0.05) is 43.1 Å². The highest BCUT2D eigenvalue weighted by molar-refractivity contribution is 5.57. The number of piperidine rings is 1. The van der Waals surface area contributed by atoms with Crippen molar-refractivity contribution in [3.05, 3.63) is 35.2 Å². The van der Waals surface area contributed by atoms with Gasteiger partial charge in [-0.25, -0.2) is 0 Å². The van der Waals surface area contributed by atoms with Gasteiger partial charge in [0.05, 0.1) is 5.69 Å². The van der Waals surface area contributed by atoms with E-state index in [1.54, 1.807) is 0 Å². The number of nitrogens with one attached hydrogen (secondary N) is 2. The summed E-state index contributed by atoms with van der Waals surface area (Å²) in [4.78, 5) is 2.45. The molecule has 1 aromatic carbocycles. The fraction of sp³-hybridized carbons (Fsp3) is 0.571. The Bertz CT molecular complexity index is 795. The van der Waals surface area contributed by atoms with Gasteiger partial charge >= 0.3 is 0 Å². The average Bonchev–Trinajstić information content (AvgIpc) is 3.26. The van der Waals surface area contributed by atoms with E-state index in [1.165, 1.54) is 48.3 Å². The minimum atomic E-state index is 0.335. The highest BCUT2D eigenvalue weighted by Crippen LogP contribution is 2.36. The average molecular weight is 368 g/mol. The first-order valence-corrected chi connectivity index (χ1v) is 10.3. The molecule has 0 unspecified atom stereocenters. The van der Waals surface area contributed by atoms with Crippen molar-refractivity contribution in [1.82, 2.24) is 15.5 Å². The Morgan fingerprint density at radius 2 is 1.93 bits per heavy atom. The molecule has 3 aliphatic rings. The summed E-state index contributed by atoms with van der Waals surface area (Å²) < 4.78 is 10.9. The molecule has 6 heteroatoms. The molecule has 0 radical (unpaired) electrons. The lowest BCUT2D eigenvalue weighted by Crippen LogP contribution is -2.42. The normalized spacial score (nSPS) is 19.8. The molecule has 5 rings (SSSR count). The number of nitrogens with zero attached hydrogens (tertiary/aromatic N) is 2. The molecule has 0 bridgehead atoms. The molecule has 2 aromatic rings. The zero-order valence-corrected chi connectivity index (χ0v) is 15.8. The van der Waals surface area contributed by atoms with Crippen LogP contribution in [0.25, 0.3) is 0 Å². The second kappa shape index (κ2) is 7.43. The molecule has 27 heavy (non-hydrogen) atoms. The molecule has 1 fully saturated rings. The predicted octanol–water partition coefficient (Wildman–Crippen LogP) is 3.17. The summed E-state index contributed by atoms with van der Waals surface area (Å²) in [5.41, 5.74) is 5.33. The summed E-state index contributed by atoms with van der Waals surface area (Å²) >= 11 is 0. The number of H-pyrrole nitrogens is 1. The van der Waals surface area contributed by atoms with Crippen LogP contribution in [0, 0.1) is 0 Å². The van der Waals surface area contributed by atoms with Crippen LogP contribution in [-0.2, 0) is 19.4 Å². The molecule has 2 aliphatic heterocycles. The molecular weight excluding hydrogens is 340 g/mol. The topological polar surface area (TPSA) is 62.4 Å². The smallest absolute Gasteiger partial charge is 0.231 e. The van der Waals surface area contributed by atoms with E-state index in [9.17, 15) is 0 Å². The van der Waals surface area contributed by atoms with Gasteiger partial charge in [-0.3, -0.25) is 5.10 Å². The second-order valence-electron chi connectivity index (χ2n) is 7.87. The maximum absolute atomic E-state index is 5.51. The third-order valence-electron chi connectivity index (χ3n) is 6.17. The monoisotopic (exact) mass is 368 g/mol. The number of benzene rings is 1. The number of aromatic amines is 1. The van der Waals surface area contributed by atoms with Gasteiger partial charge in [-0.05, 0) is 56.2 Å². The summed E-state index contributed by atoms with van der Waals surface area (Å²) in [5, 5.41) is 11.6. The summed E-state index contributed by atoms with van der Waals surface area (Å²) in [6.45, 7) is 3.36. The van der Waals surface area contributed by atoms with Crippen LogP contribution >= 0.6 is 0 Å². The number of rotatable bonds is 4. The van der Waals surface area contributed by atoms with Crippen LogP contribution in [0.1, 0.15) is 49.1 Å². The van der Waals surface area contributed by atoms with E-state index in [2.05, 4.69) is 32.5 Å². The molecule has 3 heterocycles. The molecule has 1 aliphatic carbocycles. The molecule has 1 saturated heterocycles. The van der Waals surface area contributed by atoms with E-state index in [-0.39, 0.29) is 0 Å². The molecule has 144 valence electrons. The van der Waals surface area contributed by atoms with Crippen molar-refractivity contribution < 1.29 is 9.47 Å². The minimum absolute atomic E-state index is 0.335. The first-order valence-electron chi connectivity index (χ1n) is 10.3. The Hall–Kier alpha value is -2.21. The van der Waals surface area contributed by atoms with Crippen molar-refractivity contribution in [2.45, 2.75) is 57.5 Å².